The molecule has 2 N–H and O–H groups in total. The average molecular weight is 256 g/mol. The van der Waals surface area contributed by atoms with Crippen LogP contribution in [0.15, 0.2) is 43.0 Å². The van der Waals surface area contributed by atoms with E-state index in [0.717, 1.165) is 18.7 Å². The van der Waals surface area contributed by atoms with Gasteiger partial charge in [0.05, 0.1) is 6.33 Å². The Bertz CT molecular complexity index is 579. The Labute approximate surface area is 111 Å². The van der Waals surface area contributed by atoms with Crippen molar-refractivity contribution in [2.75, 3.05) is 13.1 Å². The Kier molecular flexibility index (Phi) is 3.05. The average Bonchev–Trinajstić information content (AvgIpc) is 3.09. The predicted molar refractivity (Wildman–Crippen MR) is 72.1 cm³/mol. The number of amides is 1. The maximum Gasteiger partial charge on any atom is 0.253 e. The van der Waals surface area contributed by atoms with Crippen molar-refractivity contribution in [3.8, 4) is 5.69 Å². The number of benzene rings is 1. The lowest BCUT2D eigenvalue weighted by molar-refractivity contribution is 0.0791. The number of nitrogens with two attached hydrogens (primary N) is 1. The lowest BCUT2D eigenvalue weighted by atomic mass is 10.1. The molecule has 5 heteroatoms. The number of hydrogen-bond acceptors (Lipinski definition) is 3. The number of aromatic nitrogens is 2. The summed E-state index contributed by atoms with van der Waals surface area (Å²) in [5.41, 5.74) is 7.47. The third-order valence-electron chi connectivity index (χ3n) is 3.41. The van der Waals surface area contributed by atoms with Crippen LogP contribution in [0.3, 0.4) is 0 Å². The monoisotopic (exact) mass is 256 g/mol. The second-order valence-electron chi connectivity index (χ2n) is 4.82. The Morgan fingerprint density at radius 2 is 2.32 bits per heavy atom. The molecule has 3 rings (SSSR count). The Balaban J connectivity index is 1.85. The lowest BCUT2D eigenvalue weighted by Crippen LogP contribution is -2.31. The van der Waals surface area contributed by atoms with E-state index in [1.165, 1.54) is 0 Å². The maximum absolute atomic E-state index is 12.4. The van der Waals surface area contributed by atoms with Crippen LogP contribution < -0.4 is 5.73 Å². The highest BCUT2D eigenvalue weighted by Gasteiger charge is 2.24. The zero-order valence-corrected chi connectivity index (χ0v) is 10.6. The van der Waals surface area contributed by atoms with Crippen LogP contribution in [-0.4, -0.2) is 39.5 Å². The third-order valence-corrected chi connectivity index (χ3v) is 3.41. The van der Waals surface area contributed by atoms with Crippen LogP contribution in [0.4, 0.5) is 0 Å². The zero-order valence-electron chi connectivity index (χ0n) is 10.6. The van der Waals surface area contributed by atoms with Gasteiger partial charge in [-0.3, -0.25) is 4.79 Å². The van der Waals surface area contributed by atoms with Gasteiger partial charge in [-0.1, -0.05) is 6.07 Å². The Hall–Kier alpha value is -2.14. The van der Waals surface area contributed by atoms with Crippen LogP contribution in [0, 0.1) is 0 Å². The molecule has 1 aliphatic heterocycles. The lowest BCUT2D eigenvalue weighted by Gasteiger charge is -2.16. The molecule has 0 saturated carbocycles. The highest BCUT2D eigenvalue weighted by Crippen LogP contribution is 2.15. The molecule has 0 aliphatic carbocycles. The minimum atomic E-state index is 0.0508. The molecule has 1 unspecified atom stereocenters. The summed E-state index contributed by atoms with van der Waals surface area (Å²) in [4.78, 5) is 18.2. The van der Waals surface area contributed by atoms with Gasteiger partial charge in [0.2, 0.25) is 0 Å². The molecular formula is C14H16N4O. The molecule has 1 aliphatic rings. The van der Waals surface area contributed by atoms with E-state index in [1.54, 1.807) is 12.5 Å². The van der Waals surface area contributed by atoms with E-state index in [1.807, 2.05) is 39.9 Å². The third kappa shape index (κ3) is 2.37. The molecule has 1 aromatic heterocycles. The minimum Gasteiger partial charge on any atom is -0.337 e. The van der Waals surface area contributed by atoms with Crippen LogP contribution in [0.5, 0.6) is 0 Å². The summed E-state index contributed by atoms with van der Waals surface area (Å²) in [7, 11) is 0. The van der Waals surface area contributed by atoms with E-state index >= 15 is 0 Å². The number of hydrogen-bond donors (Lipinski definition) is 1. The molecular weight excluding hydrogens is 240 g/mol. The van der Waals surface area contributed by atoms with Crippen LogP contribution in [0.25, 0.3) is 5.69 Å². The molecule has 0 spiro atoms. The minimum absolute atomic E-state index is 0.0508. The first-order valence-corrected chi connectivity index (χ1v) is 6.37. The number of nitrogens with zero attached hydrogens (tertiary/aromatic N) is 3. The second kappa shape index (κ2) is 4.85. The molecule has 5 nitrogen and oxygen atoms in total. The molecule has 19 heavy (non-hydrogen) atoms. The van der Waals surface area contributed by atoms with E-state index in [-0.39, 0.29) is 11.9 Å². The van der Waals surface area contributed by atoms with Crippen molar-refractivity contribution in [3.63, 3.8) is 0 Å². The summed E-state index contributed by atoms with van der Waals surface area (Å²) in [5.74, 6) is 0.0508. The summed E-state index contributed by atoms with van der Waals surface area (Å²) < 4.78 is 1.88. The molecule has 1 atom stereocenters. The first-order valence-electron chi connectivity index (χ1n) is 6.37. The summed E-state index contributed by atoms with van der Waals surface area (Å²) in [6.45, 7) is 1.39. The van der Waals surface area contributed by atoms with E-state index < -0.39 is 0 Å². The normalized spacial score (nSPS) is 18.8. The largest absolute Gasteiger partial charge is 0.337 e. The van der Waals surface area contributed by atoms with Crippen LogP contribution in [0.2, 0.25) is 0 Å². The maximum atomic E-state index is 12.4. The van der Waals surface area contributed by atoms with Crippen molar-refractivity contribution in [2.24, 2.45) is 5.73 Å². The number of likely N-dealkylation sites (tertiary alicyclic amines) is 1. The van der Waals surface area contributed by atoms with Crippen LogP contribution >= 0.6 is 0 Å². The molecule has 1 fully saturated rings. The highest BCUT2D eigenvalue weighted by atomic mass is 16.2. The fourth-order valence-electron chi connectivity index (χ4n) is 2.37. The van der Waals surface area contributed by atoms with Gasteiger partial charge in [-0.2, -0.15) is 0 Å². The highest BCUT2D eigenvalue weighted by molar-refractivity contribution is 5.95. The van der Waals surface area contributed by atoms with Crippen LogP contribution in [-0.2, 0) is 0 Å². The van der Waals surface area contributed by atoms with Gasteiger partial charge in [0.15, 0.2) is 0 Å². The quantitative estimate of drug-likeness (QED) is 0.873. The molecule has 0 bridgehead atoms. The second-order valence-corrected chi connectivity index (χ2v) is 4.82. The van der Waals surface area contributed by atoms with E-state index in [4.69, 9.17) is 5.73 Å². The van der Waals surface area contributed by atoms with Crippen molar-refractivity contribution >= 4 is 5.91 Å². The Morgan fingerprint density at radius 3 is 3.00 bits per heavy atom. The molecule has 1 saturated heterocycles. The number of imidazole rings is 1. The van der Waals surface area contributed by atoms with Gasteiger partial charge in [0.25, 0.3) is 5.91 Å². The zero-order chi connectivity index (χ0) is 13.2. The van der Waals surface area contributed by atoms with Gasteiger partial charge in [-0.05, 0) is 24.6 Å². The van der Waals surface area contributed by atoms with E-state index in [9.17, 15) is 4.79 Å². The number of carbonyl (C=O) groups is 1. The van der Waals surface area contributed by atoms with Crippen molar-refractivity contribution in [3.05, 3.63) is 48.5 Å². The fraction of sp³-hybridized carbons (Fsp3) is 0.286. The van der Waals surface area contributed by atoms with Crippen molar-refractivity contribution in [2.45, 2.75) is 12.5 Å². The summed E-state index contributed by atoms with van der Waals surface area (Å²) in [6, 6.07) is 7.67. The molecule has 1 amide bonds. The topological polar surface area (TPSA) is 64.2 Å². The van der Waals surface area contributed by atoms with E-state index in [2.05, 4.69) is 4.98 Å². The van der Waals surface area contributed by atoms with Gasteiger partial charge in [0, 0.05) is 42.8 Å². The van der Waals surface area contributed by atoms with Gasteiger partial charge < -0.3 is 15.2 Å². The first-order chi connectivity index (χ1) is 9.24. The molecule has 98 valence electrons. The van der Waals surface area contributed by atoms with Crippen LogP contribution in [0.1, 0.15) is 16.8 Å². The SMILES string of the molecule is NC1CCN(C(=O)c2cccc(-n3ccnc3)c2)C1. The Morgan fingerprint density at radius 1 is 1.42 bits per heavy atom. The molecule has 2 aromatic rings. The number of rotatable bonds is 2. The molecule has 2 heterocycles. The van der Waals surface area contributed by atoms with Gasteiger partial charge in [-0.15, -0.1) is 0 Å². The standard InChI is InChI=1S/C14H16N4O/c15-12-4-6-17(9-12)14(19)11-2-1-3-13(8-11)18-7-5-16-10-18/h1-3,5,7-8,10,12H,4,6,9,15H2. The predicted octanol–water partition coefficient (Wildman–Crippen LogP) is 1.05. The summed E-state index contributed by atoms with van der Waals surface area (Å²) >= 11 is 0. The number of carbonyl (C=O) groups excluding carboxylic acids is 1. The smallest absolute Gasteiger partial charge is 0.253 e. The van der Waals surface area contributed by atoms with Crippen molar-refractivity contribution in [1.29, 1.82) is 0 Å². The van der Waals surface area contributed by atoms with E-state index in [0.29, 0.717) is 12.1 Å². The molecule has 0 radical (unpaired) electrons. The van der Waals surface area contributed by atoms with Gasteiger partial charge in [0.1, 0.15) is 0 Å². The van der Waals surface area contributed by atoms with Gasteiger partial charge in [-0.25, -0.2) is 4.98 Å². The van der Waals surface area contributed by atoms with Gasteiger partial charge >= 0.3 is 0 Å². The summed E-state index contributed by atoms with van der Waals surface area (Å²) in [6.07, 6.45) is 6.17. The fourth-order valence-corrected chi connectivity index (χ4v) is 2.37. The molecule has 1 aromatic carbocycles. The summed E-state index contributed by atoms with van der Waals surface area (Å²) in [5, 5.41) is 0. The van der Waals surface area contributed by atoms with Crippen molar-refractivity contribution in [1.82, 2.24) is 14.5 Å². The first kappa shape index (κ1) is 11.9. The van der Waals surface area contributed by atoms with Crippen molar-refractivity contribution < 1.29 is 4.79 Å².